The van der Waals surface area contributed by atoms with Crippen molar-refractivity contribution in [1.29, 1.82) is 0 Å². The van der Waals surface area contributed by atoms with E-state index in [-0.39, 0.29) is 5.43 Å². The highest BCUT2D eigenvalue weighted by molar-refractivity contribution is 5.97. The Bertz CT molecular complexity index is 895. The molecule has 2 aromatic carbocycles. The quantitative estimate of drug-likeness (QED) is 0.416. The molecule has 0 amide bonds. The Morgan fingerprint density at radius 3 is 2.45 bits per heavy atom. The standard InChI is InChI=1S/C15H11NO4/c1-19-15(18)8-2-4-12-10(6-8)14(17)11-7-9(16)3-5-13(11)20-12/h2-7H,16H2,1H3. The van der Waals surface area contributed by atoms with Gasteiger partial charge in [-0.25, -0.2) is 4.79 Å². The second kappa shape index (κ2) is 4.38. The van der Waals surface area contributed by atoms with Gasteiger partial charge in [0.15, 0.2) is 0 Å². The highest BCUT2D eigenvalue weighted by atomic mass is 16.5. The van der Waals surface area contributed by atoms with Crippen LogP contribution in [0.3, 0.4) is 0 Å². The average molecular weight is 269 g/mol. The molecule has 1 aromatic heterocycles. The van der Waals surface area contributed by atoms with E-state index in [1.807, 2.05) is 0 Å². The molecule has 0 unspecified atom stereocenters. The summed E-state index contributed by atoms with van der Waals surface area (Å²) in [4.78, 5) is 23.9. The molecule has 0 aliphatic carbocycles. The summed E-state index contributed by atoms with van der Waals surface area (Å²) in [5.41, 5.74) is 7.12. The molecule has 3 aromatic rings. The lowest BCUT2D eigenvalue weighted by Gasteiger charge is -2.04. The Labute approximate surface area is 113 Å². The normalized spacial score (nSPS) is 10.8. The summed E-state index contributed by atoms with van der Waals surface area (Å²) in [5.74, 6) is -0.501. The predicted molar refractivity (Wildman–Crippen MR) is 75.7 cm³/mol. The van der Waals surface area contributed by atoms with E-state index in [4.69, 9.17) is 10.2 Å². The summed E-state index contributed by atoms with van der Waals surface area (Å²) in [6, 6.07) is 9.49. The lowest BCUT2D eigenvalue weighted by Crippen LogP contribution is -2.06. The van der Waals surface area contributed by atoms with Gasteiger partial charge in [0.1, 0.15) is 11.2 Å². The first-order chi connectivity index (χ1) is 9.60. The largest absolute Gasteiger partial charge is 0.465 e. The van der Waals surface area contributed by atoms with E-state index in [1.54, 1.807) is 30.3 Å². The predicted octanol–water partition coefficient (Wildman–Crippen LogP) is 2.32. The van der Waals surface area contributed by atoms with Crippen molar-refractivity contribution in [2.75, 3.05) is 12.8 Å². The highest BCUT2D eigenvalue weighted by Gasteiger charge is 2.12. The molecule has 0 bridgehead atoms. The molecule has 0 fully saturated rings. The van der Waals surface area contributed by atoms with Gasteiger partial charge in [-0.15, -0.1) is 0 Å². The lowest BCUT2D eigenvalue weighted by atomic mass is 10.1. The molecule has 5 heteroatoms. The van der Waals surface area contributed by atoms with E-state index < -0.39 is 5.97 Å². The zero-order valence-corrected chi connectivity index (χ0v) is 10.7. The molecule has 5 nitrogen and oxygen atoms in total. The zero-order chi connectivity index (χ0) is 14.3. The fourth-order valence-corrected chi connectivity index (χ4v) is 2.12. The van der Waals surface area contributed by atoms with Gasteiger partial charge >= 0.3 is 5.97 Å². The maximum atomic E-state index is 12.4. The van der Waals surface area contributed by atoms with E-state index in [2.05, 4.69) is 4.74 Å². The van der Waals surface area contributed by atoms with Crippen LogP contribution in [0.4, 0.5) is 5.69 Å². The molecular formula is C15H11NO4. The first kappa shape index (κ1) is 12.2. The maximum Gasteiger partial charge on any atom is 0.337 e. The van der Waals surface area contributed by atoms with Gasteiger partial charge in [0, 0.05) is 5.69 Å². The summed E-state index contributed by atoms with van der Waals surface area (Å²) in [6.07, 6.45) is 0. The minimum Gasteiger partial charge on any atom is -0.465 e. The molecule has 1 heterocycles. The number of carbonyl (C=O) groups is 1. The molecule has 20 heavy (non-hydrogen) atoms. The number of rotatable bonds is 1. The Kier molecular flexibility index (Phi) is 2.68. The monoisotopic (exact) mass is 269 g/mol. The van der Waals surface area contributed by atoms with Crippen LogP contribution in [-0.2, 0) is 4.74 Å². The number of methoxy groups -OCH3 is 1. The van der Waals surface area contributed by atoms with Gasteiger partial charge in [-0.2, -0.15) is 0 Å². The first-order valence-corrected chi connectivity index (χ1v) is 5.94. The van der Waals surface area contributed by atoms with Gasteiger partial charge in [0.05, 0.1) is 23.4 Å². The minimum atomic E-state index is -0.501. The third kappa shape index (κ3) is 1.80. The second-order valence-corrected chi connectivity index (χ2v) is 4.39. The van der Waals surface area contributed by atoms with Crippen molar-refractivity contribution >= 4 is 33.6 Å². The van der Waals surface area contributed by atoms with Crippen LogP contribution in [0, 0.1) is 0 Å². The average Bonchev–Trinajstić information content (AvgIpc) is 2.47. The Morgan fingerprint density at radius 2 is 1.75 bits per heavy atom. The molecule has 3 rings (SSSR count). The number of anilines is 1. The molecule has 100 valence electrons. The van der Waals surface area contributed by atoms with E-state index in [0.29, 0.717) is 33.2 Å². The summed E-state index contributed by atoms with van der Waals surface area (Å²) in [7, 11) is 1.29. The number of nitrogens with two attached hydrogens (primary N) is 1. The van der Waals surface area contributed by atoms with Crippen LogP contribution >= 0.6 is 0 Å². The zero-order valence-electron chi connectivity index (χ0n) is 10.7. The number of carbonyl (C=O) groups excluding carboxylic acids is 1. The van der Waals surface area contributed by atoms with Gasteiger partial charge in [-0.3, -0.25) is 4.79 Å². The molecule has 0 spiro atoms. The van der Waals surface area contributed by atoms with Gasteiger partial charge in [0.25, 0.3) is 0 Å². The van der Waals surface area contributed by atoms with Crippen LogP contribution in [0.5, 0.6) is 0 Å². The molecule has 0 aliphatic heterocycles. The van der Waals surface area contributed by atoms with E-state index >= 15 is 0 Å². The molecule has 0 saturated carbocycles. The van der Waals surface area contributed by atoms with Crippen molar-refractivity contribution in [3.8, 4) is 0 Å². The van der Waals surface area contributed by atoms with Crippen LogP contribution in [0.1, 0.15) is 10.4 Å². The molecular weight excluding hydrogens is 258 g/mol. The van der Waals surface area contributed by atoms with Gasteiger partial charge in [0.2, 0.25) is 5.43 Å². The fourth-order valence-electron chi connectivity index (χ4n) is 2.12. The van der Waals surface area contributed by atoms with Gasteiger partial charge in [-0.1, -0.05) is 0 Å². The Balaban J connectivity index is 2.40. The number of benzene rings is 2. The molecule has 2 N–H and O–H groups in total. The molecule has 0 saturated heterocycles. The minimum absolute atomic E-state index is 0.223. The van der Waals surface area contributed by atoms with Crippen molar-refractivity contribution in [1.82, 2.24) is 0 Å². The Morgan fingerprint density at radius 1 is 1.10 bits per heavy atom. The van der Waals surface area contributed by atoms with Crippen molar-refractivity contribution in [2.45, 2.75) is 0 Å². The number of fused-ring (bicyclic) bond motifs is 2. The summed E-state index contributed by atoms with van der Waals surface area (Å²) >= 11 is 0. The van der Waals surface area contributed by atoms with Gasteiger partial charge < -0.3 is 14.9 Å². The van der Waals surface area contributed by atoms with E-state index in [1.165, 1.54) is 13.2 Å². The van der Waals surface area contributed by atoms with Crippen LogP contribution in [0.2, 0.25) is 0 Å². The van der Waals surface area contributed by atoms with Crippen molar-refractivity contribution in [2.24, 2.45) is 0 Å². The van der Waals surface area contributed by atoms with Crippen LogP contribution in [-0.4, -0.2) is 13.1 Å². The topological polar surface area (TPSA) is 82.5 Å². The van der Waals surface area contributed by atoms with Crippen LogP contribution in [0.25, 0.3) is 21.9 Å². The van der Waals surface area contributed by atoms with Crippen LogP contribution < -0.4 is 11.2 Å². The third-order valence-corrected chi connectivity index (χ3v) is 3.11. The fraction of sp³-hybridized carbons (Fsp3) is 0.0667. The highest BCUT2D eigenvalue weighted by Crippen LogP contribution is 2.21. The third-order valence-electron chi connectivity index (χ3n) is 3.11. The Hall–Kier alpha value is -2.82. The summed E-state index contributed by atoms with van der Waals surface area (Å²) in [6.45, 7) is 0. The molecule has 0 atom stereocenters. The van der Waals surface area contributed by atoms with Crippen molar-refractivity contribution in [3.05, 3.63) is 52.2 Å². The second-order valence-electron chi connectivity index (χ2n) is 4.39. The number of esters is 1. The number of hydrogen-bond acceptors (Lipinski definition) is 5. The first-order valence-electron chi connectivity index (χ1n) is 5.94. The smallest absolute Gasteiger partial charge is 0.337 e. The van der Waals surface area contributed by atoms with Crippen LogP contribution in [0.15, 0.2) is 45.6 Å². The SMILES string of the molecule is COC(=O)c1ccc2oc3ccc(N)cc3c(=O)c2c1. The lowest BCUT2D eigenvalue weighted by molar-refractivity contribution is 0.0601. The van der Waals surface area contributed by atoms with Crippen molar-refractivity contribution < 1.29 is 13.9 Å². The molecule has 0 radical (unpaired) electrons. The summed E-state index contributed by atoms with van der Waals surface area (Å²) in [5, 5.41) is 0.713. The maximum absolute atomic E-state index is 12.4. The molecule has 0 aliphatic rings. The van der Waals surface area contributed by atoms with E-state index in [0.717, 1.165) is 0 Å². The van der Waals surface area contributed by atoms with E-state index in [9.17, 15) is 9.59 Å². The number of nitrogen functional groups attached to an aromatic ring is 1. The van der Waals surface area contributed by atoms with Gasteiger partial charge in [-0.05, 0) is 36.4 Å². The van der Waals surface area contributed by atoms with Crippen molar-refractivity contribution in [3.63, 3.8) is 0 Å². The number of hydrogen-bond donors (Lipinski definition) is 1. The summed E-state index contributed by atoms with van der Waals surface area (Å²) < 4.78 is 10.3. The number of ether oxygens (including phenoxy) is 1.